The fourth-order valence-electron chi connectivity index (χ4n) is 2.58. The van der Waals surface area contributed by atoms with Crippen molar-refractivity contribution in [2.45, 2.75) is 34.1 Å². The van der Waals surface area contributed by atoms with Gasteiger partial charge in [-0.25, -0.2) is 0 Å². The summed E-state index contributed by atoms with van der Waals surface area (Å²) in [6.07, 6.45) is 1.40. The minimum Gasteiger partial charge on any atom is -0.302 e. The maximum Gasteiger partial charge on any atom is 0.00407 e. The van der Waals surface area contributed by atoms with Crippen LogP contribution in [0.2, 0.25) is 0 Å². The van der Waals surface area contributed by atoms with Gasteiger partial charge in [-0.15, -0.1) is 0 Å². The van der Waals surface area contributed by atoms with Crippen LogP contribution >= 0.6 is 12.6 Å². The van der Waals surface area contributed by atoms with Crippen molar-refractivity contribution in [1.82, 2.24) is 4.90 Å². The third kappa shape index (κ3) is 3.82. The molecular weight excluding hydrogens is 190 g/mol. The summed E-state index contributed by atoms with van der Waals surface area (Å²) in [5.41, 5.74) is 0.361. The van der Waals surface area contributed by atoms with Crippen LogP contribution in [-0.2, 0) is 0 Å². The van der Waals surface area contributed by atoms with Gasteiger partial charge in [0.25, 0.3) is 0 Å². The van der Waals surface area contributed by atoms with E-state index >= 15 is 0 Å². The molecule has 0 saturated carbocycles. The quantitative estimate of drug-likeness (QED) is 0.709. The number of thiol groups is 1. The maximum absolute atomic E-state index is 4.42. The molecule has 2 heteroatoms. The molecule has 2 unspecified atom stereocenters. The third-order valence-corrected chi connectivity index (χ3v) is 3.88. The van der Waals surface area contributed by atoms with E-state index in [1.807, 2.05) is 0 Å². The van der Waals surface area contributed by atoms with Crippen molar-refractivity contribution in [2.24, 2.45) is 17.3 Å². The fourth-order valence-corrected chi connectivity index (χ4v) is 2.68. The van der Waals surface area contributed by atoms with Crippen molar-refractivity contribution in [1.29, 1.82) is 0 Å². The molecule has 1 fully saturated rings. The first-order valence-corrected chi connectivity index (χ1v) is 6.39. The number of nitrogens with zero attached hydrogens (tertiary/aromatic N) is 1. The Labute approximate surface area is 94.7 Å². The number of hydrogen-bond donors (Lipinski definition) is 1. The van der Waals surface area contributed by atoms with E-state index in [2.05, 4.69) is 45.2 Å². The zero-order chi connectivity index (χ0) is 10.8. The van der Waals surface area contributed by atoms with Crippen LogP contribution in [0.15, 0.2) is 0 Å². The number of likely N-dealkylation sites (tertiary alicyclic amines) is 1. The van der Waals surface area contributed by atoms with Crippen molar-refractivity contribution >= 4 is 12.6 Å². The van der Waals surface area contributed by atoms with Crippen molar-refractivity contribution < 1.29 is 0 Å². The van der Waals surface area contributed by atoms with Crippen LogP contribution in [-0.4, -0.2) is 30.3 Å². The molecule has 0 aromatic heterocycles. The largest absolute Gasteiger partial charge is 0.302 e. The molecule has 0 N–H and O–H groups in total. The van der Waals surface area contributed by atoms with Gasteiger partial charge in [-0.05, 0) is 29.4 Å². The normalized spacial score (nSPS) is 30.6. The number of hydrogen-bond acceptors (Lipinski definition) is 2. The second-order valence-electron chi connectivity index (χ2n) is 5.96. The summed E-state index contributed by atoms with van der Waals surface area (Å²) in [7, 11) is 0. The second kappa shape index (κ2) is 4.89. The van der Waals surface area contributed by atoms with Crippen molar-refractivity contribution in [3.05, 3.63) is 0 Å². The second-order valence-corrected chi connectivity index (χ2v) is 6.28. The Morgan fingerprint density at radius 2 is 1.71 bits per heavy atom. The predicted molar refractivity (Wildman–Crippen MR) is 67.0 cm³/mol. The highest BCUT2D eigenvalue weighted by atomic mass is 32.1. The SMILES string of the molecule is CC1CC(C)CN(CC(C)(C)CS)C1. The van der Waals surface area contributed by atoms with Gasteiger partial charge in [0, 0.05) is 19.6 Å². The van der Waals surface area contributed by atoms with Crippen LogP contribution in [0.1, 0.15) is 34.1 Å². The van der Waals surface area contributed by atoms with E-state index in [-0.39, 0.29) is 0 Å². The highest BCUT2D eigenvalue weighted by molar-refractivity contribution is 7.80. The summed E-state index contributed by atoms with van der Waals surface area (Å²) in [6, 6.07) is 0. The summed E-state index contributed by atoms with van der Waals surface area (Å²) in [5, 5.41) is 0. The molecule has 1 aliphatic rings. The Kier molecular flexibility index (Phi) is 4.32. The van der Waals surface area contributed by atoms with Gasteiger partial charge in [0.15, 0.2) is 0 Å². The molecule has 0 spiro atoms. The minimum atomic E-state index is 0.361. The molecule has 2 atom stereocenters. The molecule has 1 nitrogen and oxygen atoms in total. The van der Waals surface area contributed by atoms with Crippen LogP contribution < -0.4 is 0 Å². The number of piperidine rings is 1. The van der Waals surface area contributed by atoms with E-state index in [1.54, 1.807) is 0 Å². The Morgan fingerprint density at radius 1 is 1.21 bits per heavy atom. The maximum atomic E-state index is 4.42. The van der Waals surface area contributed by atoms with E-state index in [9.17, 15) is 0 Å². The lowest BCUT2D eigenvalue weighted by Gasteiger charge is -2.39. The molecular formula is C12H25NS. The van der Waals surface area contributed by atoms with Gasteiger partial charge in [0.2, 0.25) is 0 Å². The molecule has 1 heterocycles. The van der Waals surface area contributed by atoms with E-state index in [0.717, 1.165) is 17.6 Å². The van der Waals surface area contributed by atoms with Crippen LogP contribution in [0.4, 0.5) is 0 Å². The van der Waals surface area contributed by atoms with E-state index in [1.165, 1.54) is 26.1 Å². The summed E-state index contributed by atoms with van der Waals surface area (Å²) in [6.45, 7) is 13.1. The average molecular weight is 215 g/mol. The Balaban J connectivity index is 2.44. The lowest BCUT2D eigenvalue weighted by Crippen LogP contribution is -2.44. The Hall–Kier alpha value is 0.310. The first kappa shape index (κ1) is 12.4. The van der Waals surface area contributed by atoms with Crippen LogP contribution in [0.25, 0.3) is 0 Å². The van der Waals surface area contributed by atoms with Crippen LogP contribution in [0.3, 0.4) is 0 Å². The third-order valence-electron chi connectivity index (χ3n) is 3.02. The molecule has 14 heavy (non-hydrogen) atoms. The number of rotatable bonds is 3. The van der Waals surface area contributed by atoms with Gasteiger partial charge in [-0.3, -0.25) is 0 Å². The molecule has 0 aliphatic carbocycles. The lowest BCUT2D eigenvalue weighted by atomic mass is 9.89. The summed E-state index contributed by atoms with van der Waals surface area (Å²) in [5.74, 6) is 2.72. The summed E-state index contributed by atoms with van der Waals surface area (Å²) in [4.78, 5) is 2.62. The lowest BCUT2D eigenvalue weighted by molar-refractivity contribution is 0.105. The minimum absolute atomic E-state index is 0.361. The molecule has 0 radical (unpaired) electrons. The van der Waals surface area contributed by atoms with Crippen molar-refractivity contribution in [3.8, 4) is 0 Å². The topological polar surface area (TPSA) is 3.24 Å². The van der Waals surface area contributed by atoms with Gasteiger partial charge < -0.3 is 4.90 Å². The summed E-state index contributed by atoms with van der Waals surface area (Å²) >= 11 is 4.42. The molecule has 0 amide bonds. The first-order chi connectivity index (χ1) is 6.43. The summed E-state index contributed by atoms with van der Waals surface area (Å²) < 4.78 is 0. The highest BCUT2D eigenvalue weighted by Gasteiger charge is 2.26. The predicted octanol–water partition coefficient (Wildman–Crippen LogP) is 2.92. The van der Waals surface area contributed by atoms with Gasteiger partial charge >= 0.3 is 0 Å². The van der Waals surface area contributed by atoms with Gasteiger partial charge in [0.05, 0.1) is 0 Å². The zero-order valence-corrected chi connectivity index (χ0v) is 11.0. The molecule has 0 bridgehead atoms. The zero-order valence-electron chi connectivity index (χ0n) is 10.1. The Bertz CT molecular complexity index is 169. The Morgan fingerprint density at radius 3 is 2.14 bits per heavy atom. The first-order valence-electron chi connectivity index (χ1n) is 5.76. The van der Waals surface area contributed by atoms with Gasteiger partial charge in [-0.1, -0.05) is 27.7 Å². The van der Waals surface area contributed by atoms with E-state index < -0.39 is 0 Å². The highest BCUT2D eigenvalue weighted by Crippen LogP contribution is 2.25. The molecule has 0 aromatic rings. The van der Waals surface area contributed by atoms with Gasteiger partial charge in [0.1, 0.15) is 0 Å². The average Bonchev–Trinajstić information content (AvgIpc) is 2.01. The molecule has 1 saturated heterocycles. The smallest absolute Gasteiger partial charge is 0.00407 e. The van der Waals surface area contributed by atoms with E-state index in [4.69, 9.17) is 0 Å². The molecule has 0 aromatic carbocycles. The van der Waals surface area contributed by atoms with Crippen molar-refractivity contribution in [3.63, 3.8) is 0 Å². The van der Waals surface area contributed by atoms with Crippen LogP contribution in [0.5, 0.6) is 0 Å². The van der Waals surface area contributed by atoms with Crippen molar-refractivity contribution in [2.75, 3.05) is 25.4 Å². The van der Waals surface area contributed by atoms with Gasteiger partial charge in [-0.2, -0.15) is 12.6 Å². The molecule has 1 rings (SSSR count). The van der Waals surface area contributed by atoms with E-state index in [0.29, 0.717) is 5.41 Å². The standard InChI is InChI=1S/C12H25NS/c1-10-5-11(2)7-13(6-10)8-12(3,4)9-14/h10-11,14H,5-9H2,1-4H3. The fraction of sp³-hybridized carbons (Fsp3) is 1.00. The molecule has 84 valence electrons. The monoisotopic (exact) mass is 215 g/mol. The van der Waals surface area contributed by atoms with Crippen LogP contribution in [0, 0.1) is 17.3 Å². The molecule has 1 aliphatic heterocycles.